The Morgan fingerprint density at radius 3 is 2.26 bits per heavy atom. The molecular formula is C19H24ClF6N3O2. The van der Waals surface area contributed by atoms with Gasteiger partial charge in [-0.2, -0.15) is 26.3 Å². The molecule has 2 rings (SSSR count). The number of urea groups is 1. The Labute approximate surface area is 180 Å². The number of hydrogen-bond acceptors (Lipinski definition) is 3. The van der Waals surface area contributed by atoms with Gasteiger partial charge in [0.05, 0.1) is 29.8 Å². The molecule has 31 heavy (non-hydrogen) atoms. The van der Waals surface area contributed by atoms with E-state index < -0.39 is 41.2 Å². The first kappa shape index (κ1) is 25.5. The van der Waals surface area contributed by atoms with Crippen LogP contribution < -0.4 is 16.0 Å². The van der Waals surface area contributed by atoms with E-state index in [4.69, 9.17) is 16.3 Å². The predicted molar refractivity (Wildman–Crippen MR) is 103 cm³/mol. The number of amides is 2. The van der Waals surface area contributed by atoms with Crippen LogP contribution in [0.2, 0.25) is 0 Å². The number of carbonyl (C=O) groups is 1. The van der Waals surface area contributed by atoms with Gasteiger partial charge in [0.1, 0.15) is 0 Å². The third-order valence-corrected chi connectivity index (χ3v) is 5.25. The van der Waals surface area contributed by atoms with Crippen LogP contribution in [0.1, 0.15) is 49.5 Å². The van der Waals surface area contributed by atoms with Gasteiger partial charge in [-0.05, 0) is 50.5 Å². The highest BCUT2D eigenvalue weighted by molar-refractivity contribution is 6.18. The molecule has 1 heterocycles. The summed E-state index contributed by atoms with van der Waals surface area (Å²) in [6.45, 7) is 3.73. The van der Waals surface area contributed by atoms with Gasteiger partial charge in [0.25, 0.3) is 0 Å². The van der Waals surface area contributed by atoms with Crippen molar-refractivity contribution in [1.82, 2.24) is 16.0 Å². The van der Waals surface area contributed by atoms with Gasteiger partial charge in [-0.15, -0.1) is 11.6 Å². The van der Waals surface area contributed by atoms with Gasteiger partial charge in [0.2, 0.25) is 0 Å². The second-order valence-electron chi connectivity index (χ2n) is 7.75. The van der Waals surface area contributed by atoms with Crippen LogP contribution in [0, 0.1) is 0 Å². The average molecular weight is 476 g/mol. The Morgan fingerprint density at radius 2 is 1.81 bits per heavy atom. The van der Waals surface area contributed by atoms with Crippen LogP contribution >= 0.6 is 11.6 Å². The van der Waals surface area contributed by atoms with Gasteiger partial charge in [0.15, 0.2) is 0 Å². The van der Waals surface area contributed by atoms with Gasteiger partial charge in [-0.1, -0.05) is 0 Å². The minimum atomic E-state index is -4.91. The minimum Gasteiger partial charge on any atom is -0.372 e. The fraction of sp³-hybridized carbons (Fsp3) is 0.632. The summed E-state index contributed by atoms with van der Waals surface area (Å²) < 4.78 is 84.0. The summed E-state index contributed by atoms with van der Waals surface area (Å²) in [6.07, 6.45) is -9.64. The molecule has 1 saturated heterocycles. The molecule has 0 bridgehead atoms. The maximum Gasteiger partial charge on any atom is 0.416 e. The van der Waals surface area contributed by atoms with Crippen molar-refractivity contribution in [2.75, 3.05) is 19.2 Å². The SMILES string of the molecule is C[C@@H](OC[C@@]1(C)CC[C@H](NC(=O)NCCl)CN1)c1cc(C(F)(F)F)cc(C(F)(F)F)c1. The highest BCUT2D eigenvalue weighted by atomic mass is 35.5. The molecule has 12 heteroatoms. The Morgan fingerprint density at radius 1 is 1.23 bits per heavy atom. The third-order valence-electron chi connectivity index (χ3n) is 5.11. The maximum absolute atomic E-state index is 13.1. The molecule has 3 N–H and O–H groups in total. The fourth-order valence-electron chi connectivity index (χ4n) is 3.22. The van der Waals surface area contributed by atoms with E-state index in [1.807, 2.05) is 6.92 Å². The van der Waals surface area contributed by atoms with Crippen molar-refractivity contribution in [2.24, 2.45) is 0 Å². The molecule has 2 amide bonds. The van der Waals surface area contributed by atoms with Crippen LogP contribution in [-0.2, 0) is 17.1 Å². The van der Waals surface area contributed by atoms with E-state index in [0.29, 0.717) is 31.5 Å². The van der Waals surface area contributed by atoms with Gasteiger partial charge >= 0.3 is 18.4 Å². The fourth-order valence-corrected chi connectivity index (χ4v) is 3.34. The lowest BCUT2D eigenvalue weighted by molar-refractivity contribution is -0.143. The lowest BCUT2D eigenvalue weighted by Gasteiger charge is -2.39. The van der Waals surface area contributed by atoms with Crippen molar-refractivity contribution in [2.45, 2.75) is 56.7 Å². The number of nitrogens with one attached hydrogen (secondary N) is 3. The molecule has 176 valence electrons. The normalized spacial score (nSPS) is 23.3. The lowest BCUT2D eigenvalue weighted by Crippen LogP contribution is -2.58. The molecule has 0 saturated carbocycles. The number of carbonyl (C=O) groups excluding carboxylic acids is 1. The summed E-state index contributed by atoms with van der Waals surface area (Å²) in [6, 6.07) is 0.860. The Balaban J connectivity index is 2.02. The molecule has 0 unspecified atom stereocenters. The summed E-state index contributed by atoms with van der Waals surface area (Å²) in [7, 11) is 0. The van der Waals surface area contributed by atoms with Crippen LogP contribution in [0.15, 0.2) is 18.2 Å². The monoisotopic (exact) mass is 475 g/mol. The van der Waals surface area contributed by atoms with Gasteiger partial charge in [-0.3, -0.25) is 0 Å². The number of piperidine rings is 1. The summed E-state index contributed by atoms with van der Waals surface area (Å²) in [5, 5.41) is 8.35. The van der Waals surface area contributed by atoms with Gasteiger partial charge in [0, 0.05) is 18.1 Å². The molecular weight excluding hydrogens is 452 g/mol. The van der Waals surface area contributed by atoms with E-state index in [-0.39, 0.29) is 30.3 Å². The smallest absolute Gasteiger partial charge is 0.372 e. The van der Waals surface area contributed by atoms with Crippen molar-refractivity contribution < 1.29 is 35.9 Å². The van der Waals surface area contributed by atoms with E-state index in [2.05, 4.69) is 16.0 Å². The molecule has 5 nitrogen and oxygen atoms in total. The van der Waals surface area contributed by atoms with Gasteiger partial charge in [-0.25, -0.2) is 4.79 Å². The predicted octanol–water partition coefficient (Wildman–Crippen LogP) is 4.81. The molecule has 1 aliphatic heterocycles. The standard InChI is InChI=1S/C19H24ClF6N3O2/c1-11(12-5-13(18(21,22)23)7-14(6-12)19(24,25)26)31-9-17(2)4-3-15(8-28-17)29-16(30)27-10-20/h5-7,11,15,28H,3-4,8-10H2,1-2H3,(H2,27,29,30)/t11-,15+,17-/m1/s1. The first-order chi connectivity index (χ1) is 14.2. The highest BCUT2D eigenvalue weighted by Crippen LogP contribution is 2.38. The molecule has 1 aliphatic rings. The van der Waals surface area contributed by atoms with Crippen molar-refractivity contribution in [3.8, 4) is 0 Å². The van der Waals surface area contributed by atoms with Crippen LogP contribution in [0.25, 0.3) is 0 Å². The number of ether oxygens (including phenoxy) is 1. The average Bonchev–Trinajstić information content (AvgIpc) is 2.67. The Kier molecular flexibility index (Phi) is 8.10. The maximum atomic E-state index is 13.1. The van der Waals surface area contributed by atoms with Crippen molar-refractivity contribution in [3.63, 3.8) is 0 Å². The Hall–Kier alpha value is -1.72. The van der Waals surface area contributed by atoms with Crippen LogP contribution in [0.4, 0.5) is 31.1 Å². The summed E-state index contributed by atoms with van der Waals surface area (Å²) in [4.78, 5) is 11.5. The topological polar surface area (TPSA) is 62.4 Å². The van der Waals surface area contributed by atoms with E-state index in [0.717, 1.165) is 0 Å². The van der Waals surface area contributed by atoms with Crippen molar-refractivity contribution in [3.05, 3.63) is 34.9 Å². The molecule has 0 radical (unpaired) electrons. The zero-order valence-electron chi connectivity index (χ0n) is 16.9. The van der Waals surface area contributed by atoms with Crippen molar-refractivity contribution in [1.29, 1.82) is 0 Å². The molecule has 0 spiro atoms. The van der Waals surface area contributed by atoms with E-state index >= 15 is 0 Å². The van der Waals surface area contributed by atoms with Crippen LogP contribution in [0.3, 0.4) is 0 Å². The lowest BCUT2D eigenvalue weighted by atomic mass is 9.89. The van der Waals surface area contributed by atoms with Crippen molar-refractivity contribution >= 4 is 17.6 Å². The Bertz CT molecular complexity index is 732. The van der Waals surface area contributed by atoms with E-state index in [9.17, 15) is 31.1 Å². The largest absolute Gasteiger partial charge is 0.416 e. The van der Waals surface area contributed by atoms with E-state index in [1.54, 1.807) is 0 Å². The minimum absolute atomic E-state index is 0.0268. The first-order valence-electron chi connectivity index (χ1n) is 9.50. The molecule has 0 aliphatic carbocycles. The molecule has 1 fully saturated rings. The highest BCUT2D eigenvalue weighted by Gasteiger charge is 2.38. The second-order valence-corrected chi connectivity index (χ2v) is 8.02. The number of benzene rings is 1. The number of hydrogen-bond donors (Lipinski definition) is 3. The number of rotatable bonds is 6. The molecule has 1 aromatic rings. The second kappa shape index (κ2) is 9.83. The molecule has 0 aromatic heterocycles. The third kappa shape index (κ3) is 7.43. The van der Waals surface area contributed by atoms with Crippen LogP contribution in [-0.4, -0.2) is 36.8 Å². The van der Waals surface area contributed by atoms with Gasteiger partial charge < -0.3 is 20.7 Å². The molecule has 3 atom stereocenters. The summed E-state index contributed by atoms with van der Waals surface area (Å²) in [5.74, 6) is 0. The zero-order chi connectivity index (χ0) is 23.4. The van der Waals surface area contributed by atoms with E-state index in [1.165, 1.54) is 6.92 Å². The van der Waals surface area contributed by atoms with Crippen LogP contribution in [0.5, 0.6) is 0 Å². The number of halogens is 7. The summed E-state index contributed by atoms with van der Waals surface area (Å²) in [5.41, 5.74) is -3.51. The first-order valence-corrected chi connectivity index (χ1v) is 10.0. The number of alkyl halides is 7. The summed E-state index contributed by atoms with van der Waals surface area (Å²) >= 11 is 5.42. The zero-order valence-corrected chi connectivity index (χ0v) is 17.6. The quantitative estimate of drug-likeness (QED) is 0.314. The molecule has 1 aromatic carbocycles.